The Morgan fingerprint density at radius 2 is 0.704 bits per heavy atom. The fourth-order valence-electron chi connectivity index (χ4n) is 10.0. The van der Waals surface area contributed by atoms with Gasteiger partial charge in [-0.2, -0.15) is 0 Å². The number of quaternary nitrogens is 1. The zero-order valence-electron chi connectivity index (χ0n) is 54.0. The minimum absolute atomic E-state index is 0.0239. The van der Waals surface area contributed by atoms with E-state index in [0.29, 0.717) is 17.4 Å². The van der Waals surface area contributed by atoms with Crippen molar-refractivity contribution in [3.05, 3.63) is 60.8 Å². The smallest absolute Gasteiger partial charge is 0.462 e. The van der Waals surface area contributed by atoms with Crippen LogP contribution < -0.4 is 0 Å². The third-order valence-corrected chi connectivity index (χ3v) is 16.3. The largest absolute Gasteiger partial charge is 0.472 e. The van der Waals surface area contributed by atoms with Crippen LogP contribution in [-0.4, -0.2) is 74.9 Å². The van der Waals surface area contributed by atoms with E-state index in [1.54, 1.807) is 0 Å². The number of ether oxygens (including phenoxy) is 2. The minimum atomic E-state index is -4.40. The van der Waals surface area contributed by atoms with Gasteiger partial charge in [-0.1, -0.05) is 319 Å². The minimum Gasteiger partial charge on any atom is -0.462 e. The number of hydrogen-bond donors (Lipinski definition) is 1. The summed E-state index contributed by atoms with van der Waals surface area (Å²) in [5.41, 5.74) is 0. The number of hydrogen-bond acceptors (Lipinski definition) is 7. The van der Waals surface area contributed by atoms with Crippen LogP contribution in [0.15, 0.2) is 60.8 Å². The molecule has 0 aliphatic carbocycles. The number of unbranched alkanes of at least 4 members (excludes halogenated alkanes) is 40. The molecule has 0 heterocycles. The highest BCUT2D eigenvalue weighted by Crippen LogP contribution is 2.43. The van der Waals surface area contributed by atoms with Gasteiger partial charge in [0.25, 0.3) is 0 Å². The number of esters is 2. The highest BCUT2D eigenvalue weighted by molar-refractivity contribution is 7.47. The van der Waals surface area contributed by atoms with Crippen molar-refractivity contribution < 1.29 is 42.1 Å². The van der Waals surface area contributed by atoms with Gasteiger partial charge in [0.15, 0.2) is 6.10 Å². The first kappa shape index (κ1) is 78.7. The van der Waals surface area contributed by atoms with Gasteiger partial charge in [0.05, 0.1) is 27.7 Å². The van der Waals surface area contributed by atoms with Gasteiger partial charge in [0, 0.05) is 12.8 Å². The Bertz CT molecular complexity index is 1550. The first-order valence-corrected chi connectivity index (χ1v) is 36.0. The summed E-state index contributed by atoms with van der Waals surface area (Å²) in [4.78, 5) is 35.8. The van der Waals surface area contributed by atoms with Crippen molar-refractivity contribution >= 4 is 19.8 Å². The molecule has 81 heavy (non-hydrogen) atoms. The fraction of sp³-hybridized carbons (Fsp3) is 0.831. The van der Waals surface area contributed by atoms with E-state index in [-0.39, 0.29) is 32.0 Å². The van der Waals surface area contributed by atoms with E-state index >= 15 is 0 Å². The highest BCUT2D eigenvalue weighted by Gasteiger charge is 2.27. The van der Waals surface area contributed by atoms with Crippen LogP contribution in [0.3, 0.4) is 0 Å². The Labute approximate surface area is 502 Å². The van der Waals surface area contributed by atoms with Crippen LogP contribution in [0.5, 0.6) is 0 Å². The van der Waals surface area contributed by atoms with Gasteiger partial charge >= 0.3 is 19.8 Å². The van der Waals surface area contributed by atoms with Gasteiger partial charge in [0.2, 0.25) is 0 Å². The van der Waals surface area contributed by atoms with E-state index in [0.717, 1.165) is 70.6 Å². The van der Waals surface area contributed by atoms with Crippen molar-refractivity contribution in [2.45, 2.75) is 335 Å². The zero-order chi connectivity index (χ0) is 59.1. The van der Waals surface area contributed by atoms with Crippen molar-refractivity contribution in [2.75, 3.05) is 47.5 Å². The first-order chi connectivity index (χ1) is 39.5. The first-order valence-electron chi connectivity index (χ1n) is 34.5. The Morgan fingerprint density at radius 1 is 0.395 bits per heavy atom. The highest BCUT2D eigenvalue weighted by atomic mass is 31.2. The molecule has 0 amide bonds. The molecule has 0 aliphatic rings. The second kappa shape index (κ2) is 62.2. The van der Waals surface area contributed by atoms with Crippen LogP contribution in [0, 0.1) is 0 Å². The molecule has 0 saturated heterocycles. The van der Waals surface area contributed by atoms with Crippen LogP contribution in [0.25, 0.3) is 0 Å². The van der Waals surface area contributed by atoms with Crippen molar-refractivity contribution in [1.29, 1.82) is 0 Å². The number of carbonyl (C=O) groups excluding carboxylic acids is 2. The summed E-state index contributed by atoms with van der Waals surface area (Å²) in [5, 5.41) is 0. The summed E-state index contributed by atoms with van der Waals surface area (Å²) in [7, 11) is 1.46. The molecule has 0 aliphatic heterocycles. The molecule has 1 N–H and O–H groups in total. The monoisotopic (exact) mass is 1160 g/mol. The molecule has 0 aromatic rings. The van der Waals surface area contributed by atoms with E-state index in [9.17, 15) is 19.0 Å². The van der Waals surface area contributed by atoms with E-state index in [4.69, 9.17) is 18.5 Å². The van der Waals surface area contributed by atoms with Crippen molar-refractivity contribution in [1.82, 2.24) is 0 Å². The van der Waals surface area contributed by atoms with Crippen molar-refractivity contribution in [3.8, 4) is 0 Å². The van der Waals surface area contributed by atoms with Gasteiger partial charge in [-0.05, 0) is 57.8 Å². The standard InChI is InChI=1S/C71H132NO8P/c1-6-8-10-12-14-16-18-20-22-24-26-27-28-29-30-31-32-33-34-35-36-37-38-39-40-41-42-43-44-46-47-49-51-53-55-57-59-61-63-70(73)77-67-69(68-79-81(75,76)78-66-65-72(3,4)5)80-71(74)64-62-60-58-56-54-52-50-48-45-25-23-21-19-17-15-13-11-9-7-2/h9,11,15,17,21,23,45,48,52,54,69H,6-8,10,12-14,16,18-20,22,24-44,46-47,49-51,53,55-68H2,1-5H3/p+1/b11-9-,17-15-,23-21-,48-45-,54-52-. The number of phosphoric acid groups is 1. The third kappa shape index (κ3) is 66.7. The van der Waals surface area contributed by atoms with Gasteiger partial charge in [-0.25, -0.2) is 4.57 Å². The van der Waals surface area contributed by atoms with Crippen LogP contribution in [0.1, 0.15) is 328 Å². The van der Waals surface area contributed by atoms with Crippen LogP contribution in [0.4, 0.5) is 0 Å². The Kier molecular flexibility index (Phi) is 60.5. The Balaban J connectivity index is 3.93. The normalized spacial score (nSPS) is 13.5. The quantitative estimate of drug-likeness (QED) is 0.0211. The molecule has 0 saturated carbocycles. The fourth-order valence-corrected chi connectivity index (χ4v) is 10.8. The predicted octanol–water partition coefficient (Wildman–Crippen LogP) is 22.2. The molecule has 0 aromatic carbocycles. The molecule has 9 nitrogen and oxygen atoms in total. The van der Waals surface area contributed by atoms with Gasteiger partial charge in [0.1, 0.15) is 19.8 Å². The van der Waals surface area contributed by atoms with Crippen LogP contribution in [0.2, 0.25) is 0 Å². The maximum atomic E-state index is 12.8. The molecule has 0 bridgehead atoms. The molecule has 0 aromatic heterocycles. The SMILES string of the molecule is CC/C=C\C/C=C\C/C=C\C/C=C\C/C=C\CCCCCC(=O)OC(COC(=O)CCCCCCCCCCCCCCCCCCCCCCCCCCCCCCCCCCCCCCCC)COP(=O)(O)OCC[N+](C)(C)C. The van der Waals surface area contributed by atoms with E-state index < -0.39 is 26.5 Å². The van der Waals surface area contributed by atoms with Crippen molar-refractivity contribution in [3.63, 3.8) is 0 Å². The Hall–Kier alpha value is -2.29. The molecule has 2 atom stereocenters. The summed E-state index contributed by atoms with van der Waals surface area (Å²) < 4.78 is 34.6. The molecule has 0 rings (SSSR count). The van der Waals surface area contributed by atoms with Gasteiger partial charge in [-0.15, -0.1) is 0 Å². The Morgan fingerprint density at radius 3 is 1.05 bits per heavy atom. The lowest BCUT2D eigenvalue weighted by Gasteiger charge is -2.24. The average molecular weight is 1160 g/mol. The molecule has 474 valence electrons. The maximum absolute atomic E-state index is 12.8. The lowest BCUT2D eigenvalue weighted by atomic mass is 10.0. The summed E-state index contributed by atoms with van der Waals surface area (Å²) in [6, 6.07) is 0. The van der Waals surface area contributed by atoms with E-state index in [1.165, 1.54) is 225 Å². The van der Waals surface area contributed by atoms with Crippen LogP contribution in [-0.2, 0) is 32.7 Å². The number of carbonyl (C=O) groups is 2. The summed E-state index contributed by atoms with van der Waals surface area (Å²) in [5.74, 6) is -0.825. The maximum Gasteiger partial charge on any atom is 0.472 e. The summed E-state index contributed by atoms with van der Waals surface area (Å²) >= 11 is 0. The summed E-state index contributed by atoms with van der Waals surface area (Å²) in [6.45, 7) is 4.32. The van der Waals surface area contributed by atoms with Gasteiger partial charge < -0.3 is 18.9 Å². The van der Waals surface area contributed by atoms with E-state index in [2.05, 4.69) is 74.6 Å². The molecule has 2 unspecified atom stereocenters. The lowest BCUT2D eigenvalue weighted by Crippen LogP contribution is -2.37. The number of nitrogens with zero attached hydrogens (tertiary/aromatic N) is 1. The summed E-state index contributed by atoms with van der Waals surface area (Å²) in [6.07, 6.45) is 82.2. The lowest BCUT2D eigenvalue weighted by molar-refractivity contribution is -0.870. The molecule has 0 radical (unpaired) electrons. The number of phosphoric ester groups is 1. The molecule has 0 spiro atoms. The van der Waals surface area contributed by atoms with E-state index in [1.807, 2.05) is 21.1 Å². The zero-order valence-corrected chi connectivity index (χ0v) is 54.9. The number of likely N-dealkylation sites (N-methyl/N-ethyl adjacent to an activating group) is 1. The molecule has 0 fully saturated rings. The predicted molar refractivity (Wildman–Crippen MR) is 349 cm³/mol. The number of rotatable bonds is 64. The molecular weight excluding hydrogens is 1030 g/mol. The average Bonchev–Trinajstić information content (AvgIpc) is 3.44. The second-order valence-corrected chi connectivity index (χ2v) is 26.0. The van der Waals surface area contributed by atoms with Gasteiger partial charge in [-0.3, -0.25) is 18.6 Å². The molecule has 10 heteroatoms. The third-order valence-electron chi connectivity index (χ3n) is 15.3. The number of allylic oxidation sites excluding steroid dienone is 10. The molecular formula is C71H133NO8P+. The van der Waals surface area contributed by atoms with Crippen LogP contribution >= 0.6 is 7.82 Å². The van der Waals surface area contributed by atoms with Crippen molar-refractivity contribution in [2.24, 2.45) is 0 Å². The second-order valence-electron chi connectivity index (χ2n) is 24.5. The topological polar surface area (TPSA) is 108 Å².